The first-order chi connectivity index (χ1) is 4.79. The van der Waals surface area contributed by atoms with Crippen molar-refractivity contribution in [2.24, 2.45) is 5.92 Å². The summed E-state index contributed by atoms with van der Waals surface area (Å²) in [4.78, 5) is 0. The molecule has 1 heterocycles. The molecule has 0 bridgehead atoms. The Balaban J connectivity index is 2.09. The van der Waals surface area contributed by atoms with Crippen molar-refractivity contribution in [1.29, 1.82) is 0 Å². The van der Waals surface area contributed by atoms with Crippen LogP contribution in [0.15, 0.2) is 0 Å². The standard InChI is InChI=1S/C9H17N/c1-3-9-7(2)5-4-6-8(9)10-9/h7-8,10H,3-6H2,1-2H3/t7-,8?,9-/m1/s1. The summed E-state index contributed by atoms with van der Waals surface area (Å²) in [6, 6.07) is 0.890. The van der Waals surface area contributed by atoms with Gasteiger partial charge in [-0.25, -0.2) is 0 Å². The van der Waals surface area contributed by atoms with Crippen LogP contribution in [0, 0.1) is 5.92 Å². The molecule has 0 spiro atoms. The number of rotatable bonds is 1. The zero-order chi connectivity index (χ0) is 7.19. The Morgan fingerprint density at radius 1 is 1.50 bits per heavy atom. The lowest BCUT2D eigenvalue weighted by molar-refractivity contribution is 0.323. The molecule has 2 fully saturated rings. The first-order valence-corrected chi connectivity index (χ1v) is 4.57. The van der Waals surface area contributed by atoms with Crippen LogP contribution in [0.4, 0.5) is 0 Å². The molecule has 58 valence electrons. The largest absolute Gasteiger partial charge is 0.305 e. The van der Waals surface area contributed by atoms with E-state index in [0.29, 0.717) is 5.54 Å². The minimum absolute atomic E-state index is 0.595. The molecule has 2 rings (SSSR count). The number of hydrogen-bond acceptors (Lipinski definition) is 1. The van der Waals surface area contributed by atoms with Crippen LogP contribution in [0.2, 0.25) is 0 Å². The monoisotopic (exact) mass is 139 g/mol. The third kappa shape index (κ3) is 0.672. The van der Waals surface area contributed by atoms with Gasteiger partial charge in [0.15, 0.2) is 0 Å². The van der Waals surface area contributed by atoms with Gasteiger partial charge in [0.25, 0.3) is 0 Å². The maximum atomic E-state index is 3.64. The lowest BCUT2D eigenvalue weighted by Gasteiger charge is -2.25. The summed E-state index contributed by atoms with van der Waals surface area (Å²) >= 11 is 0. The summed E-state index contributed by atoms with van der Waals surface area (Å²) in [5.41, 5.74) is 0.595. The van der Waals surface area contributed by atoms with Crippen molar-refractivity contribution in [1.82, 2.24) is 5.32 Å². The van der Waals surface area contributed by atoms with Gasteiger partial charge in [0.1, 0.15) is 0 Å². The van der Waals surface area contributed by atoms with Crippen LogP contribution < -0.4 is 5.32 Å². The Kier molecular flexibility index (Phi) is 1.31. The van der Waals surface area contributed by atoms with E-state index in [1.54, 1.807) is 0 Å². The molecular formula is C9H17N. The Bertz CT molecular complexity index is 144. The van der Waals surface area contributed by atoms with Crippen LogP contribution in [0.3, 0.4) is 0 Å². The minimum atomic E-state index is 0.595. The molecule has 1 aliphatic carbocycles. The minimum Gasteiger partial charge on any atom is -0.305 e. The molecule has 10 heavy (non-hydrogen) atoms. The van der Waals surface area contributed by atoms with E-state index in [1.165, 1.54) is 25.7 Å². The average molecular weight is 139 g/mol. The highest BCUT2D eigenvalue weighted by atomic mass is 15.2. The molecule has 1 heteroatoms. The molecule has 0 radical (unpaired) electrons. The fourth-order valence-electron chi connectivity index (χ4n) is 2.68. The van der Waals surface area contributed by atoms with Gasteiger partial charge < -0.3 is 5.32 Å². The summed E-state index contributed by atoms with van der Waals surface area (Å²) in [6.45, 7) is 4.71. The highest BCUT2D eigenvalue weighted by molar-refractivity contribution is 5.17. The SMILES string of the molecule is CC[C@]12NC1CCC[C@H]2C. The van der Waals surface area contributed by atoms with Crippen LogP contribution in [-0.2, 0) is 0 Å². The summed E-state index contributed by atoms with van der Waals surface area (Å²) in [7, 11) is 0. The summed E-state index contributed by atoms with van der Waals surface area (Å²) in [5, 5.41) is 3.64. The molecule has 1 aliphatic heterocycles. The topological polar surface area (TPSA) is 21.9 Å². The van der Waals surface area contributed by atoms with Gasteiger partial charge in [-0.3, -0.25) is 0 Å². The third-order valence-electron chi connectivity index (χ3n) is 3.58. The van der Waals surface area contributed by atoms with E-state index in [-0.39, 0.29) is 0 Å². The van der Waals surface area contributed by atoms with Gasteiger partial charge in [0.2, 0.25) is 0 Å². The van der Waals surface area contributed by atoms with Crippen molar-refractivity contribution in [2.45, 2.75) is 51.1 Å². The Morgan fingerprint density at radius 2 is 2.30 bits per heavy atom. The molecule has 1 saturated carbocycles. The van der Waals surface area contributed by atoms with Crippen molar-refractivity contribution < 1.29 is 0 Å². The zero-order valence-electron chi connectivity index (χ0n) is 6.98. The molecule has 1 unspecified atom stereocenters. The first-order valence-electron chi connectivity index (χ1n) is 4.57. The molecule has 3 atom stereocenters. The first kappa shape index (κ1) is 6.66. The Labute approximate surface area is 63.2 Å². The average Bonchev–Trinajstić information content (AvgIpc) is 2.65. The van der Waals surface area contributed by atoms with E-state index in [2.05, 4.69) is 19.2 Å². The van der Waals surface area contributed by atoms with Crippen LogP contribution >= 0.6 is 0 Å². The van der Waals surface area contributed by atoms with Crippen molar-refractivity contribution >= 4 is 0 Å². The van der Waals surface area contributed by atoms with Gasteiger partial charge in [-0.05, 0) is 25.2 Å². The summed E-state index contributed by atoms with van der Waals surface area (Å²) < 4.78 is 0. The van der Waals surface area contributed by atoms with Crippen LogP contribution in [0.1, 0.15) is 39.5 Å². The van der Waals surface area contributed by atoms with Crippen molar-refractivity contribution in [3.63, 3.8) is 0 Å². The van der Waals surface area contributed by atoms with E-state index in [0.717, 1.165) is 12.0 Å². The summed E-state index contributed by atoms with van der Waals surface area (Å²) in [5.74, 6) is 0.927. The van der Waals surface area contributed by atoms with Gasteiger partial charge in [0, 0.05) is 11.6 Å². The predicted octanol–water partition coefficient (Wildman–Crippen LogP) is 1.93. The van der Waals surface area contributed by atoms with Crippen LogP contribution in [0.5, 0.6) is 0 Å². The van der Waals surface area contributed by atoms with E-state index < -0.39 is 0 Å². The van der Waals surface area contributed by atoms with Gasteiger partial charge >= 0.3 is 0 Å². The van der Waals surface area contributed by atoms with Gasteiger partial charge in [-0.2, -0.15) is 0 Å². The smallest absolute Gasteiger partial charge is 0.0361 e. The van der Waals surface area contributed by atoms with Crippen LogP contribution in [-0.4, -0.2) is 11.6 Å². The van der Waals surface area contributed by atoms with Crippen molar-refractivity contribution in [3.8, 4) is 0 Å². The lowest BCUT2D eigenvalue weighted by Crippen LogP contribution is -2.28. The Hall–Kier alpha value is -0.0400. The molecule has 0 aromatic heterocycles. The molecule has 1 nitrogen and oxygen atoms in total. The van der Waals surface area contributed by atoms with Gasteiger partial charge in [0.05, 0.1) is 0 Å². The number of fused-ring (bicyclic) bond motifs is 1. The number of hydrogen-bond donors (Lipinski definition) is 1. The predicted molar refractivity (Wildman–Crippen MR) is 43.0 cm³/mol. The molecule has 0 aromatic rings. The lowest BCUT2D eigenvalue weighted by atomic mass is 9.78. The number of nitrogens with one attached hydrogen (secondary N) is 1. The molecular weight excluding hydrogens is 122 g/mol. The quantitative estimate of drug-likeness (QED) is 0.551. The van der Waals surface area contributed by atoms with Gasteiger partial charge in [-0.15, -0.1) is 0 Å². The highest BCUT2D eigenvalue weighted by Gasteiger charge is 2.56. The Morgan fingerprint density at radius 3 is 2.80 bits per heavy atom. The van der Waals surface area contributed by atoms with E-state index in [4.69, 9.17) is 0 Å². The molecule has 2 aliphatic rings. The van der Waals surface area contributed by atoms with Crippen molar-refractivity contribution in [2.75, 3.05) is 0 Å². The maximum Gasteiger partial charge on any atom is 0.0361 e. The van der Waals surface area contributed by atoms with Crippen molar-refractivity contribution in [3.05, 3.63) is 0 Å². The second-order valence-electron chi connectivity index (χ2n) is 3.92. The molecule has 1 N–H and O–H groups in total. The second kappa shape index (κ2) is 1.97. The fourth-order valence-corrected chi connectivity index (χ4v) is 2.68. The normalized spacial score (nSPS) is 52.2. The molecule has 0 aromatic carbocycles. The van der Waals surface area contributed by atoms with Gasteiger partial charge in [-0.1, -0.05) is 20.3 Å². The maximum absolute atomic E-state index is 3.64. The highest BCUT2D eigenvalue weighted by Crippen LogP contribution is 2.46. The zero-order valence-corrected chi connectivity index (χ0v) is 6.98. The van der Waals surface area contributed by atoms with E-state index in [1.807, 2.05) is 0 Å². The van der Waals surface area contributed by atoms with E-state index >= 15 is 0 Å². The fraction of sp³-hybridized carbons (Fsp3) is 1.00. The third-order valence-corrected chi connectivity index (χ3v) is 3.58. The van der Waals surface area contributed by atoms with E-state index in [9.17, 15) is 0 Å². The summed E-state index contributed by atoms with van der Waals surface area (Å²) in [6.07, 6.45) is 5.65. The molecule has 0 amide bonds. The second-order valence-corrected chi connectivity index (χ2v) is 3.92. The molecule has 1 saturated heterocycles. The van der Waals surface area contributed by atoms with Crippen LogP contribution in [0.25, 0.3) is 0 Å².